The Labute approximate surface area is 160 Å². The van der Waals surface area contributed by atoms with E-state index in [1.54, 1.807) is 6.92 Å². The number of hydrogen-bond acceptors (Lipinski definition) is 6. The highest BCUT2D eigenvalue weighted by molar-refractivity contribution is 7.89. The van der Waals surface area contributed by atoms with Crippen molar-refractivity contribution in [2.45, 2.75) is 32.8 Å². The number of rotatable bonds is 8. The SMILES string of the molecule is CCCS(=O)(=O)N1CCCC(C(=O)Nc2cc([N+](=O)[O-])ccc2OC(F)F)C1. The summed E-state index contributed by atoms with van der Waals surface area (Å²) in [7, 11) is -3.47. The van der Waals surface area contributed by atoms with Crippen LogP contribution >= 0.6 is 0 Å². The molecule has 1 N–H and O–H groups in total. The zero-order chi connectivity index (χ0) is 20.9. The van der Waals surface area contributed by atoms with E-state index in [0.29, 0.717) is 25.8 Å². The maximum atomic E-state index is 12.6. The highest BCUT2D eigenvalue weighted by atomic mass is 32.2. The summed E-state index contributed by atoms with van der Waals surface area (Å²) < 4.78 is 55.1. The van der Waals surface area contributed by atoms with Crippen LogP contribution < -0.4 is 10.1 Å². The number of nitrogens with one attached hydrogen (secondary N) is 1. The number of halogens is 2. The molecule has 0 spiro atoms. The number of benzene rings is 1. The Bertz CT molecular complexity index is 834. The van der Waals surface area contributed by atoms with Crippen molar-refractivity contribution in [3.05, 3.63) is 28.3 Å². The Kier molecular flexibility index (Phi) is 7.24. The third kappa shape index (κ3) is 5.58. The molecule has 1 heterocycles. The normalized spacial score (nSPS) is 18.1. The van der Waals surface area contributed by atoms with E-state index < -0.39 is 44.8 Å². The molecule has 1 aromatic rings. The lowest BCUT2D eigenvalue weighted by Crippen LogP contribution is -2.44. The summed E-state index contributed by atoms with van der Waals surface area (Å²) in [6.45, 7) is -1.17. The zero-order valence-corrected chi connectivity index (χ0v) is 16.0. The van der Waals surface area contributed by atoms with Crippen LogP contribution in [-0.2, 0) is 14.8 Å². The second-order valence-electron chi connectivity index (χ2n) is 6.32. The lowest BCUT2D eigenvalue weighted by molar-refractivity contribution is -0.384. The number of alkyl halides is 2. The van der Waals surface area contributed by atoms with Gasteiger partial charge in [0.15, 0.2) is 0 Å². The topological polar surface area (TPSA) is 119 Å². The molecule has 1 aromatic carbocycles. The predicted octanol–water partition coefficient (Wildman–Crippen LogP) is 2.59. The molecule has 1 fully saturated rings. The molecule has 0 aliphatic carbocycles. The van der Waals surface area contributed by atoms with Crippen LogP contribution in [0.2, 0.25) is 0 Å². The summed E-state index contributed by atoms with van der Waals surface area (Å²) in [6.07, 6.45) is 1.32. The van der Waals surface area contributed by atoms with Gasteiger partial charge < -0.3 is 10.1 Å². The number of carbonyl (C=O) groups is 1. The highest BCUT2D eigenvalue weighted by Crippen LogP contribution is 2.31. The quantitative estimate of drug-likeness (QED) is 0.509. The minimum absolute atomic E-state index is 0.0292. The summed E-state index contributed by atoms with van der Waals surface area (Å²) in [4.78, 5) is 22.8. The molecule has 1 saturated heterocycles. The molecular weight excluding hydrogens is 400 g/mol. The van der Waals surface area contributed by atoms with Crippen molar-refractivity contribution in [2.24, 2.45) is 5.92 Å². The van der Waals surface area contributed by atoms with Crippen LogP contribution in [0, 0.1) is 16.0 Å². The summed E-state index contributed by atoms with van der Waals surface area (Å²) in [6, 6.07) is 2.87. The Morgan fingerprint density at radius 2 is 2.18 bits per heavy atom. The van der Waals surface area contributed by atoms with Gasteiger partial charge in [0, 0.05) is 25.2 Å². The number of carbonyl (C=O) groups excluding carboxylic acids is 1. The summed E-state index contributed by atoms with van der Waals surface area (Å²) in [5.41, 5.74) is -0.680. The van der Waals surface area contributed by atoms with Crippen molar-refractivity contribution in [1.29, 1.82) is 0 Å². The number of nitro groups is 1. The Morgan fingerprint density at radius 3 is 2.79 bits per heavy atom. The molecule has 0 saturated carbocycles. The van der Waals surface area contributed by atoms with Crippen LogP contribution in [0.15, 0.2) is 18.2 Å². The molecule has 1 aliphatic rings. The van der Waals surface area contributed by atoms with Crippen molar-refractivity contribution in [2.75, 3.05) is 24.2 Å². The monoisotopic (exact) mass is 421 g/mol. The van der Waals surface area contributed by atoms with Crippen molar-refractivity contribution < 1.29 is 31.7 Å². The molecule has 1 atom stereocenters. The van der Waals surface area contributed by atoms with E-state index in [4.69, 9.17) is 0 Å². The number of piperidine rings is 1. The number of sulfonamides is 1. The summed E-state index contributed by atoms with van der Waals surface area (Å²) >= 11 is 0. The molecule has 0 radical (unpaired) electrons. The minimum Gasteiger partial charge on any atom is -0.433 e. The number of ether oxygens (including phenoxy) is 1. The van der Waals surface area contributed by atoms with Crippen LogP contribution in [0.1, 0.15) is 26.2 Å². The Morgan fingerprint density at radius 1 is 1.46 bits per heavy atom. The fourth-order valence-corrected chi connectivity index (χ4v) is 4.55. The van der Waals surface area contributed by atoms with Gasteiger partial charge >= 0.3 is 6.61 Å². The van der Waals surface area contributed by atoms with E-state index in [1.807, 2.05) is 0 Å². The van der Waals surface area contributed by atoms with E-state index in [0.717, 1.165) is 18.2 Å². The van der Waals surface area contributed by atoms with Crippen molar-refractivity contribution in [3.63, 3.8) is 0 Å². The lowest BCUT2D eigenvalue weighted by Gasteiger charge is -2.31. The van der Waals surface area contributed by atoms with Gasteiger partial charge in [-0.1, -0.05) is 6.92 Å². The largest absolute Gasteiger partial charge is 0.433 e. The highest BCUT2D eigenvalue weighted by Gasteiger charge is 2.32. The molecule has 28 heavy (non-hydrogen) atoms. The first-order chi connectivity index (χ1) is 13.1. The first-order valence-electron chi connectivity index (χ1n) is 8.66. The lowest BCUT2D eigenvalue weighted by atomic mass is 9.98. The van der Waals surface area contributed by atoms with Crippen LogP contribution in [0.25, 0.3) is 0 Å². The fraction of sp³-hybridized carbons (Fsp3) is 0.562. The van der Waals surface area contributed by atoms with Crippen molar-refractivity contribution >= 4 is 27.3 Å². The van der Waals surface area contributed by atoms with E-state index >= 15 is 0 Å². The van der Waals surface area contributed by atoms with Crippen molar-refractivity contribution in [1.82, 2.24) is 4.31 Å². The molecule has 1 amide bonds. The first kappa shape index (κ1) is 22.0. The summed E-state index contributed by atoms with van der Waals surface area (Å²) in [5, 5.41) is 13.3. The number of anilines is 1. The van der Waals surface area contributed by atoms with Gasteiger partial charge in [-0.05, 0) is 25.3 Å². The molecule has 0 bridgehead atoms. The number of amides is 1. The second-order valence-corrected chi connectivity index (χ2v) is 8.41. The minimum atomic E-state index is -3.47. The van der Waals surface area contributed by atoms with Gasteiger partial charge in [-0.25, -0.2) is 12.7 Å². The standard InChI is InChI=1S/C16H21F2N3O6S/c1-2-8-28(25,26)20-7-3-4-11(10-20)15(22)19-13-9-12(21(23)24)5-6-14(13)27-16(17)18/h5-6,9,11,16H,2-4,7-8,10H2,1H3,(H,19,22). The van der Waals surface area contributed by atoms with Gasteiger partial charge in [-0.15, -0.1) is 0 Å². The van der Waals surface area contributed by atoms with Gasteiger partial charge in [0.2, 0.25) is 15.9 Å². The first-order valence-corrected chi connectivity index (χ1v) is 10.3. The maximum Gasteiger partial charge on any atom is 0.387 e. The maximum absolute atomic E-state index is 12.6. The van der Waals surface area contributed by atoms with Gasteiger partial charge in [-0.2, -0.15) is 8.78 Å². The third-order valence-electron chi connectivity index (χ3n) is 4.26. The second kappa shape index (κ2) is 9.24. The molecule has 0 aromatic heterocycles. The predicted molar refractivity (Wildman–Crippen MR) is 96.7 cm³/mol. The fourth-order valence-electron chi connectivity index (χ4n) is 2.96. The Hall–Kier alpha value is -2.34. The Balaban J connectivity index is 2.19. The molecule has 156 valence electrons. The number of hydrogen-bond donors (Lipinski definition) is 1. The average Bonchev–Trinajstić information content (AvgIpc) is 2.62. The zero-order valence-electron chi connectivity index (χ0n) is 15.1. The van der Waals surface area contributed by atoms with E-state index in [2.05, 4.69) is 10.1 Å². The van der Waals surface area contributed by atoms with Gasteiger partial charge in [0.05, 0.1) is 22.3 Å². The number of nitrogens with zero attached hydrogens (tertiary/aromatic N) is 2. The number of non-ortho nitro benzene ring substituents is 1. The molecule has 2 rings (SSSR count). The van der Waals surface area contributed by atoms with Crippen LogP contribution in [0.5, 0.6) is 5.75 Å². The van der Waals surface area contributed by atoms with E-state index in [1.165, 1.54) is 4.31 Å². The summed E-state index contributed by atoms with van der Waals surface area (Å²) in [5.74, 6) is -1.77. The van der Waals surface area contributed by atoms with Crippen LogP contribution in [0.3, 0.4) is 0 Å². The number of nitro benzene ring substituents is 1. The smallest absolute Gasteiger partial charge is 0.387 e. The van der Waals surface area contributed by atoms with E-state index in [-0.39, 0.29) is 18.0 Å². The van der Waals surface area contributed by atoms with Crippen LogP contribution in [-0.4, -0.2) is 49.0 Å². The molecule has 9 nitrogen and oxygen atoms in total. The molecule has 12 heteroatoms. The van der Waals surface area contributed by atoms with Gasteiger partial charge in [-0.3, -0.25) is 14.9 Å². The van der Waals surface area contributed by atoms with Gasteiger partial charge in [0.1, 0.15) is 5.75 Å². The van der Waals surface area contributed by atoms with E-state index in [9.17, 15) is 32.1 Å². The average molecular weight is 421 g/mol. The molecular formula is C16H21F2N3O6S. The van der Waals surface area contributed by atoms with Gasteiger partial charge in [0.25, 0.3) is 5.69 Å². The van der Waals surface area contributed by atoms with Crippen molar-refractivity contribution in [3.8, 4) is 5.75 Å². The molecule has 1 unspecified atom stereocenters. The van der Waals surface area contributed by atoms with Crippen LogP contribution in [0.4, 0.5) is 20.2 Å². The third-order valence-corrected chi connectivity index (χ3v) is 6.30. The molecule has 1 aliphatic heterocycles.